The zero-order chi connectivity index (χ0) is 27.7. The van der Waals surface area contributed by atoms with E-state index in [1.165, 1.54) is 19.2 Å². The summed E-state index contributed by atoms with van der Waals surface area (Å²) in [5.74, 6) is 1.19. The first-order valence-electron chi connectivity index (χ1n) is 14.3. The van der Waals surface area contributed by atoms with E-state index in [2.05, 4.69) is 49.0 Å². The van der Waals surface area contributed by atoms with Crippen LogP contribution >= 0.6 is 0 Å². The molecule has 1 aromatic carbocycles. The highest BCUT2D eigenvalue weighted by Gasteiger charge is 2.31. The Balaban J connectivity index is 1.58. The maximum absolute atomic E-state index is 13.7. The summed E-state index contributed by atoms with van der Waals surface area (Å²) in [6.45, 7) is 12.7. The Kier molecular flexibility index (Phi) is 8.12. The topological polar surface area (TPSA) is 98.5 Å². The lowest BCUT2D eigenvalue weighted by molar-refractivity contribution is 0.0856. The van der Waals surface area contributed by atoms with E-state index < -0.39 is 14.2 Å². The second kappa shape index (κ2) is 11.4. The van der Waals surface area contributed by atoms with Gasteiger partial charge in [0.2, 0.25) is 0 Å². The van der Waals surface area contributed by atoms with E-state index in [9.17, 15) is 9.90 Å². The number of aromatic nitrogens is 3. The molecule has 2 fully saturated rings. The summed E-state index contributed by atoms with van der Waals surface area (Å²) in [5.41, 5.74) is 5.36. The first-order valence-corrected chi connectivity index (χ1v) is 18.0. The van der Waals surface area contributed by atoms with Gasteiger partial charge in [0.1, 0.15) is 30.0 Å². The minimum absolute atomic E-state index is 0.219. The zero-order valence-electron chi connectivity index (χ0n) is 23.9. The second-order valence-electron chi connectivity index (χ2n) is 12.5. The lowest BCUT2D eigenvalue weighted by Gasteiger charge is -2.17. The fraction of sp³-hybridized carbons (Fsp3) is 0.567. The average molecular weight is 551 g/mol. The number of hydrogen-bond donors (Lipinski definition) is 2. The maximum Gasteiger partial charge on any atom is 0.255 e. The van der Waals surface area contributed by atoms with Crippen molar-refractivity contribution in [2.45, 2.75) is 90.5 Å². The minimum atomic E-state index is -1.26. The quantitative estimate of drug-likeness (QED) is 0.243. The van der Waals surface area contributed by atoms with Crippen LogP contribution < -0.4 is 10.1 Å². The molecule has 2 aliphatic carbocycles. The highest BCUT2D eigenvalue weighted by Crippen LogP contribution is 2.38. The van der Waals surface area contributed by atoms with Crippen molar-refractivity contribution in [2.75, 3.05) is 13.2 Å². The normalized spacial score (nSPS) is 19.5. The third kappa shape index (κ3) is 6.36. The molecule has 2 heterocycles. The van der Waals surface area contributed by atoms with E-state index in [1.807, 2.05) is 17.6 Å². The monoisotopic (exact) mass is 550 g/mol. The third-order valence-electron chi connectivity index (χ3n) is 7.90. The highest BCUT2D eigenvalue weighted by atomic mass is 28.3. The summed E-state index contributed by atoms with van der Waals surface area (Å²) in [4.78, 5) is 23.0. The molecule has 5 rings (SSSR count). The number of ether oxygens (including phenoxy) is 2. The zero-order valence-corrected chi connectivity index (χ0v) is 24.9. The van der Waals surface area contributed by atoms with Crippen LogP contribution in [0.5, 0.6) is 5.75 Å². The number of aliphatic hydroxyl groups excluding tert-OH is 1. The van der Waals surface area contributed by atoms with Gasteiger partial charge < -0.3 is 24.5 Å². The summed E-state index contributed by atoms with van der Waals surface area (Å²) >= 11 is 0. The van der Waals surface area contributed by atoms with Gasteiger partial charge in [-0.15, -0.1) is 0 Å². The fourth-order valence-corrected chi connectivity index (χ4v) is 6.01. The number of benzene rings is 1. The van der Waals surface area contributed by atoms with Gasteiger partial charge in [0, 0.05) is 25.9 Å². The Hall–Kier alpha value is -2.75. The molecule has 2 aliphatic rings. The van der Waals surface area contributed by atoms with Crippen LogP contribution in [-0.4, -0.2) is 59.0 Å². The van der Waals surface area contributed by atoms with Crippen molar-refractivity contribution in [3.63, 3.8) is 0 Å². The molecule has 2 aromatic heterocycles. The summed E-state index contributed by atoms with van der Waals surface area (Å²) < 4.78 is 14.5. The molecule has 0 saturated heterocycles. The van der Waals surface area contributed by atoms with E-state index in [-0.39, 0.29) is 11.9 Å². The van der Waals surface area contributed by atoms with Gasteiger partial charge in [-0.1, -0.05) is 31.3 Å². The molecule has 2 atom stereocenters. The van der Waals surface area contributed by atoms with Crippen molar-refractivity contribution in [2.24, 2.45) is 5.92 Å². The van der Waals surface area contributed by atoms with Gasteiger partial charge in [-0.05, 0) is 70.0 Å². The first kappa shape index (κ1) is 27.8. The number of aryl methyl sites for hydroxylation is 1. The van der Waals surface area contributed by atoms with Crippen molar-refractivity contribution >= 4 is 25.0 Å². The molecule has 3 aromatic rings. The van der Waals surface area contributed by atoms with Crippen LogP contribution in [-0.2, 0) is 11.5 Å². The number of hydrogen-bond acceptors (Lipinski definition) is 6. The van der Waals surface area contributed by atoms with Crippen LogP contribution in [0.1, 0.15) is 53.7 Å². The Morgan fingerprint density at radius 3 is 2.64 bits per heavy atom. The molecule has 0 bridgehead atoms. The average Bonchev–Trinajstić information content (AvgIpc) is 3.56. The molecule has 1 amide bonds. The SMILES string of the molecule is Cc1ccc(OCC2CC2)c(-c2ncnc3c(C(=O)N[C@@H]4CCC[C@H]4O)c(C)n(COCC[Si](C)(C)C)c23)c1. The number of amides is 1. The molecule has 2 saturated carbocycles. The third-order valence-corrected chi connectivity index (χ3v) is 9.60. The van der Waals surface area contributed by atoms with Gasteiger partial charge in [0.15, 0.2) is 0 Å². The summed E-state index contributed by atoms with van der Waals surface area (Å²) in [6.07, 6.45) is 5.82. The molecular formula is C30H42N4O4Si. The predicted octanol–water partition coefficient (Wildman–Crippen LogP) is 5.46. The van der Waals surface area contributed by atoms with E-state index >= 15 is 0 Å². The molecule has 210 valence electrons. The highest BCUT2D eigenvalue weighted by molar-refractivity contribution is 6.76. The Bertz CT molecular complexity index is 1340. The number of carbonyl (C=O) groups excluding carboxylic acids is 1. The van der Waals surface area contributed by atoms with Crippen molar-refractivity contribution in [3.05, 3.63) is 41.3 Å². The van der Waals surface area contributed by atoms with E-state index in [0.29, 0.717) is 43.4 Å². The number of nitrogens with one attached hydrogen (secondary N) is 1. The van der Waals surface area contributed by atoms with Gasteiger partial charge in [-0.2, -0.15) is 0 Å². The summed E-state index contributed by atoms with van der Waals surface area (Å²) in [7, 11) is -1.26. The molecular weight excluding hydrogens is 508 g/mol. The standard InChI is InChI=1S/C30H42N4O4Si/c1-19-9-12-25(38-16-21-10-11-21)22(15-19)27-29-28(32-17-31-27)26(30(36)33-23-7-6-8-24(23)35)20(2)34(29)18-37-13-14-39(3,4)5/h9,12,15,17,21,23-24,35H,6-8,10-11,13-14,16,18H2,1-5H3,(H,33,36)/t23-,24-/m1/s1. The van der Waals surface area contributed by atoms with Crippen LogP contribution in [0.2, 0.25) is 25.7 Å². The van der Waals surface area contributed by atoms with Gasteiger partial charge in [0.25, 0.3) is 5.91 Å². The van der Waals surface area contributed by atoms with Crippen molar-refractivity contribution in [1.82, 2.24) is 19.9 Å². The van der Waals surface area contributed by atoms with Crippen molar-refractivity contribution in [3.8, 4) is 17.0 Å². The van der Waals surface area contributed by atoms with Gasteiger partial charge >= 0.3 is 0 Å². The Morgan fingerprint density at radius 1 is 1.15 bits per heavy atom. The molecule has 0 radical (unpaired) electrons. The smallest absolute Gasteiger partial charge is 0.255 e. The molecule has 39 heavy (non-hydrogen) atoms. The maximum atomic E-state index is 13.7. The van der Waals surface area contributed by atoms with Crippen LogP contribution in [0.25, 0.3) is 22.3 Å². The van der Waals surface area contributed by atoms with E-state index in [4.69, 9.17) is 14.5 Å². The van der Waals surface area contributed by atoms with Gasteiger partial charge in [0.05, 0.1) is 29.8 Å². The van der Waals surface area contributed by atoms with E-state index in [0.717, 1.165) is 52.7 Å². The first-order chi connectivity index (χ1) is 18.6. The van der Waals surface area contributed by atoms with Crippen LogP contribution in [0, 0.1) is 19.8 Å². The Labute approximate surface area is 232 Å². The number of aliphatic hydroxyl groups is 1. The Morgan fingerprint density at radius 2 is 1.95 bits per heavy atom. The number of carbonyl (C=O) groups is 1. The summed E-state index contributed by atoms with van der Waals surface area (Å²) in [6, 6.07) is 6.97. The van der Waals surface area contributed by atoms with Gasteiger partial charge in [-0.25, -0.2) is 9.97 Å². The van der Waals surface area contributed by atoms with E-state index in [1.54, 1.807) is 0 Å². The number of rotatable bonds is 11. The predicted molar refractivity (Wildman–Crippen MR) is 156 cm³/mol. The van der Waals surface area contributed by atoms with Crippen LogP contribution in [0.15, 0.2) is 24.5 Å². The number of fused-ring (bicyclic) bond motifs is 1. The molecule has 0 aliphatic heterocycles. The molecule has 9 heteroatoms. The van der Waals surface area contributed by atoms with Crippen LogP contribution in [0.3, 0.4) is 0 Å². The molecule has 2 N–H and O–H groups in total. The van der Waals surface area contributed by atoms with Gasteiger partial charge in [-0.3, -0.25) is 4.79 Å². The molecule has 8 nitrogen and oxygen atoms in total. The largest absolute Gasteiger partial charge is 0.493 e. The summed E-state index contributed by atoms with van der Waals surface area (Å²) in [5, 5.41) is 13.4. The lowest BCUT2D eigenvalue weighted by Crippen LogP contribution is -2.40. The molecule has 0 spiro atoms. The second-order valence-corrected chi connectivity index (χ2v) is 18.1. The van der Waals surface area contributed by atoms with Crippen molar-refractivity contribution in [1.29, 1.82) is 0 Å². The molecule has 0 unspecified atom stereocenters. The van der Waals surface area contributed by atoms with Crippen molar-refractivity contribution < 1.29 is 19.4 Å². The lowest BCUT2D eigenvalue weighted by atomic mass is 10.1. The minimum Gasteiger partial charge on any atom is -0.493 e. The van der Waals surface area contributed by atoms with Crippen LogP contribution in [0.4, 0.5) is 0 Å². The number of nitrogens with zero attached hydrogens (tertiary/aromatic N) is 3. The fourth-order valence-electron chi connectivity index (χ4n) is 5.25.